The summed E-state index contributed by atoms with van der Waals surface area (Å²) in [6.45, 7) is 2.09. The third-order valence-electron chi connectivity index (χ3n) is 2.13. The van der Waals surface area contributed by atoms with Crippen LogP contribution in [0.4, 0.5) is 0 Å². The van der Waals surface area contributed by atoms with Crippen LogP contribution < -0.4 is 9.47 Å². The number of aryl methyl sites for hydroxylation is 1. The average molecular weight is 210 g/mol. The zero-order valence-electron chi connectivity index (χ0n) is 8.66. The number of rotatable bonds is 4. The third-order valence-corrected chi connectivity index (χ3v) is 2.37. The Hall–Kier alpha value is -1.09. The third kappa shape index (κ3) is 2.04. The van der Waals surface area contributed by atoms with Gasteiger partial charge in [-0.25, -0.2) is 0 Å². The Bertz CT molecular complexity index is 309. The molecule has 2 nitrogen and oxygen atoms in total. The van der Waals surface area contributed by atoms with Gasteiger partial charge in [0.05, 0.1) is 19.8 Å². The van der Waals surface area contributed by atoms with E-state index < -0.39 is 0 Å². The van der Waals surface area contributed by atoms with Gasteiger partial charge in [-0.15, -0.1) is 0 Å². The maximum absolute atomic E-state index is 5.24. The Morgan fingerprint density at radius 1 is 1.21 bits per heavy atom. The van der Waals surface area contributed by atoms with E-state index >= 15 is 0 Å². The van der Waals surface area contributed by atoms with Gasteiger partial charge < -0.3 is 9.47 Å². The summed E-state index contributed by atoms with van der Waals surface area (Å²) in [5.74, 6) is 1.55. The second kappa shape index (κ2) is 4.96. The van der Waals surface area contributed by atoms with Crippen molar-refractivity contribution in [2.24, 2.45) is 0 Å². The Labute approximate surface area is 89.8 Å². The van der Waals surface area contributed by atoms with Crippen molar-refractivity contribution in [2.45, 2.75) is 13.3 Å². The molecule has 3 heteroatoms. The molecule has 1 aromatic carbocycles. The van der Waals surface area contributed by atoms with Crippen LogP contribution in [0.15, 0.2) is 12.1 Å². The van der Waals surface area contributed by atoms with Crippen LogP contribution in [0.3, 0.4) is 0 Å². The molecule has 76 valence electrons. The summed E-state index contributed by atoms with van der Waals surface area (Å²) in [6.07, 6.45) is 0.949. The van der Waals surface area contributed by atoms with Crippen molar-refractivity contribution in [1.82, 2.24) is 0 Å². The number of hydrogen-bond acceptors (Lipinski definition) is 3. The predicted molar refractivity (Wildman–Crippen MR) is 61.7 cm³/mol. The Kier molecular flexibility index (Phi) is 3.89. The SMILES string of the molecule is CCc1cc(OC)c(C=S)c(OC)c1. The predicted octanol–water partition coefficient (Wildman–Crippen LogP) is 2.61. The first-order valence-electron chi connectivity index (χ1n) is 4.46. The molecule has 0 amide bonds. The van der Waals surface area contributed by atoms with Crippen LogP contribution in [0.1, 0.15) is 18.1 Å². The second-order valence-electron chi connectivity index (χ2n) is 2.89. The molecule has 0 radical (unpaired) electrons. The van der Waals surface area contributed by atoms with E-state index in [1.165, 1.54) is 5.56 Å². The van der Waals surface area contributed by atoms with E-state index in [9.17, 15) is 0 Å². The van der Waals surface area contributed by atoms with Gasteiger partial charge in [0.2, 0.25) is 0 Å². The van der Waals surface area contributed by atoms with E-state index in [1.807, 2.05) is 12.1 Å². The monoisotopic (exact) mass is 210 g/mol. The fourth-order valence-corrected chi connectivity index (χ4v) is 1.55. The fourth-order valence-electron chi connectivity index (χ4n) is 1.31. The van der Waals surface area contributed by atoms with Gasteiger partial charge in [-0.1, -0.05) is 19.1 Å². The van der Waals surface area contributed by atoms with Crippen molar-refractivity contribution in [3.63, 3.8) is 0 Å². The van der Waals surface area contributed by atoms with Gasteiger partial charge >= 0.3 is 0 Å². The smallest absolute Gasteiger partial charge is 0.130 e. The lowest BCUT2D eigenvalue weighted by Gasteiger charge is -2.11. The van der Waals surface area contributed by atoms with Crippen molar-refractivity contribution >= 4 is 17.6 Å². The summed E-state index contributed by atoms with van der Waals surface area (Å²) in [6, 6.07) is 3.97. The molecule has 0 saturated carbocycles. The topological polar surface area (TPSA) is 18.5 Å². The summed E-state index contributed by atoms with van der Waals surface area (Å²) in [7, 11) is 3.27. The maximum atomic E-state index is 5.24. The summed E-state index contributed by atoms with van der Waals surface area (Å²) < 4.78 is 10.5. The van der Waals surface area contributed by atoms with Crippen LogP contribution in [0.5, 0.6) is 11.5 Å². The van der Waals surface area contributed by atoms with Crippen molar-refractivity contribution in [3.8, 4) is 11.5 Å². The van der Waals surface area contributed by atoms with Crippen LogP contribution in [-0.2, 0) is 6.42 Å². The van der Waals surface area contributed by atoms with Crippen LogP contribution >= 0.6 is 12.2 Å². The van der Waals surface area contributed by atoms with E-state index in [0.717, 1.165) is 23.5 Å². The van der Waals surface area contributed by atoms with Gasteiger partial charge in [0.25, 0.3) is 0 Å². The number of hydrogen-bond donors (Lipinski definition) is 0. The first-order valence-corrected chi connectivity index (χ1v) is 4.94. The van der Waals surface area contributed by atoms with Gasteiger partial charge in [0, 0.05) is 5.37 Å². The van der Waals surface area contributed by atoms with Crippen molar-refractivity contribution < 1.29 is 9.47 Å². The van der Waals surface area contributed by atoms with Gasteiger partial charge in [0.15, 0.2) is 0 Å². The van der Waals surface area contributed by atoms with Crippen LogP contribution in [-0.4, -0.2) is 19.6 Å². The lowest BCUT2D eigenvalue weighted by Crippen LogP contribution is -1.97. The molecule has 1 rings (SSSR count). The highest BCUT2D eigenvalue weighted by Gasteiger charge is 2.08. The number of thiocarbonyl (C=S) groups is 1. The Morgan fingerprint density at radius 3 is 2.00 bits per heavy atom. The van der Waals surface area contributed by atoms with Gasteiger partial charge in [-0.3, -0.25) is 0 Å². The first kappa shape index (κ1) is 11.0. The fraction of sp³-hybridized carbons (Fsp3) is 0.364. The van der Waals surface area contributed by atoms with Crippen molar-refractivity contribution in [3.05, 3.63) is 23.3 Å². The highest BCUT2D eigenvalue weighted by Crippen LogP contribution is 2.29. The zero-order valence-corrected chi connectivity index (χ0v) is 9.48. The van der Waals surface area contributed by atoms with E-state index in [-0.39, 0.29) is 0 Å². The molecule has 0 heterocycles. The average Bonchev–Trinajstić information content (AvgIpc) is 2.26. The maximum Gasteiger partial charge on any atom is 0.130 e. The lowest BCUT2D eigenvalue weighted by atomic mass is 10.1. The minimum Gasteiger partial charge on any atom is -0.496 e. The first-order chi connectivity index (χ1) is 6.76. The molecule has 0 aromatic heterocycles. The lowest BCUT2D eigenvalue weighted by molar-refractivity contribution is 0.392. The van der Waals surface area contributed by atoms with Crippen LogP contribution in [0, 0.1) is 0 Å². The largest absolute Gasteiger partial charge is 0.496 e. The number of ether oxygens (including phenoxy) is 2. The van der Waals surface area contributed by atoms with E-state index in [4.69, 9.17) is 21.7 Å². The molecule has 0 unspecified atom stereocenters. The summed E-state index contributed by atoms with van der Waals surface area (Å²) in [4.78, 5) is 0. The number of methoxy groups -OCH3 is 2. The van der Waals surface area contributed by atoms with E-state index in [0.29, 0.717) is 0 Å². The molecule has 0 N–H and O–H groups in total. The molecule has 0 saturated heterocycles. The normalized spacial score (nSPS) is 9.64. The zero-order chi connectivity index (χ0) is 10.6. The summed E-state index contributed by atoms with van der Waals surface area (Å²) in [5, 5.41) is 1.58. The molecular formula is C11H14O2S. The van der Waals surface area contributed by atoms with Gasteiger partial charge in [0.1, 0.15) is 11.5 Å². The molecule has 0 aliphatic rings. The Balaban J connectivity index is 3.31. The molecule has 0 bridgehead atoms. The quantitative estimate of drug-likeness (QED) is 0.712. The molecule has 1 aromatic rings. The molecule has 0 fully saturated rings. The molecule has 0 aliphatic heterocycles. The molecule has 0 spiro atoms. The van der Waals surface area contributed by atoms with Crippen molar-refractivity contribution in [1.29, 1.82) is 0 Å². The second-order valence-corrected chi connectivity index (χ2v) is 3.12. The van der Waals surface area contributed by atoms with Crippen LogP contribution in [0.25, 0.3) is 0 Å². The Morgan fingerprint density at radius 2 is 1.71 bits per heavy atom. The number of benzene rings is 1. The highest BCUT2D eigenvalue weighted by molar-refractivity contribution is 7.79. The van der Waals surface area contributed by atoms with E-state index in [2.05, 4.69) is 6.92 Å². The minimum absolute atomic E-state index is 0.774. The molecule has 0 atom stereocenters. The van der Waals surface area contributed by atoms with Gasteiger partial charge in [-0.05, 0) is 24.1 Å². The summed E-state index contributed by atoms with van der Waals surface area (Å²) in [5.41, 5.74) is 2.02. The summed E-state index contributed by atoms with van der Waals surface area (Å²) >= 11 is 4.92. The van der Waals surface area contributed by atoms with Crippen molar-refractivity contribution in [2.75, 3.05) is 14.2 Å². The van der Waals surface area contributed by atoms with Crippen LogP contribution in [0.2, 0.25) is 0 Å². The molecule has 0 aliphatic carbocycles. The van der Waals surface area contributed by atoms with E-state index in [1.54, 1.807) is 19.6 Å². The van der Waals surface area contributed by atoms with Gasteiger partial charge in [-0.2, -0.15) is 0 Å². The standard InChI is InChI=1S/C11H14O2S/c1-4-8-5-10(12-2)9(7-14)11(6-8)13-3/h5-7H,4H2,1-3H3. The highest BCUT2D eigenvalue weighted by atomic mass is 32.1. The minimum atomic E-state index is 0.774. The molecular weight excluding hydrogens is 196 g/mol. The molecule has 14 heavy (non-hydrogen) atoms.